The lowest BCUT2D eigenvalue weighted by atomic mass is 10.1. The van der Waals surface area contributed by atoms with Crippen molar-refractivity contribution >= 4 is 39.1 Å². The molecule has 0 spiro atoms. The lowest BCUT2D eigenvalue weighted by Gasteiger charge is -2.37. The first-order valence-electron chi connectivity index (χ1n) is 5.96. The van der Waals surface area contributed by atoms with Gasteiger partial charge in [0.2, 0.25) is 0 Å². The summed E-state index contributed by atoms with van der Waals surface area (Å²) >= 11 is 15.9. The molecule has 0 aromatic heterocycles. The van der Waals surface area contributed by atoms with Crippen molar-refractivity contribution in [2.75, 3.05) is 18.5 Å². The largest absolute Gasteiger partial charge is 0.374 e. The van der Waals surface area contributed by atoms with Crippen molar-refractivity contribution in [2.45, 2.75) is 25.6 Å². The van der Waals surface area contributed by atoms with Crippen molar-refractivity contribution in [1.29, 1.82) is 0 Å². The lowest BCUT2D eigenvalue weighted by molar-refractivity contribution is -0.0499. The summed E-state index contributed by atoms with van der Waals surface area (Å²) < 4.78 is 5.71. The minimum atomic E-state index is 0.238. The summed E-state index contributed by atoms with van der Waals surface area (Å²) in [6, 6.07) is 6.02. The molecular formula is C13H16BrCl2NO. The van der Waals surface area contributed by atoms with E-state index >= 15 is 0 Å². The highest BCUT2D eigenvalue weighted by molar-refractivity contribution is 9.09. The van der Waals surface area contributed by atoms with Crippen LogP contribution in [0.1, 0.15) is 12.5 Å². The van der Waals surface area contributed by atoms with Crippen LogP contribution >= 0.6 is 39.1 Å². The third-order valence-electron chi connectivity index (χ3n) is 3.23. The average molecular weight is 353 g/mol. The SMILES string of the molecule is CC1COC(CBr)CN1Cc1c(Cl)cccc1Cl. The van der Waals surface area contributed by atoms with Crippen molar-refractivity contribution in [3.8, 4) is 0 Å². The summed E-state index contributed by atoms with van der Waals surface area (Å²) in [4.78, 5) is 2.36. The van der Waals surface area contributed by atoms with Crippen LogP contribution in [-0.4, -0.2) is 35.5 Å². The summed E-state index contributed by atoms with van der Waals surface area (Å²) in [7, 11) is 0. The lowest BCUT2D eigenvalue weighted by Crippen LogP contribution is -2.48. The van der Waals surface area contributed by atoms with Crippen LogP contribution in [0.25, 0.3) is 0 Å². The standard InChI is InChI=1S/C13H16BrCl2NO/c1-9-8-18-10(5-14)6-17(9)7-11-12(15)3-2-4-13(11)16/h2-4,9-10H,5-8H2,1H3. The van der Waals surface area contributed by atoms with Gasteiger partial charge < -0.3 is 4.74 Å². The fourth-order valence-corrected chi connectivity index (χ4v) is 2.98. The van der Waals surface area contributed by atoms with E-state index in [0.29, 0.717) is 6.04 Å². The van der Waals surface area contributed by atoms with Gasteiger partial charge in [-0.15, -0.1) is 0 Å². The first-order valence-corrected chi connectivity index (χ1v) is 7.84. The Bertz CT molecular complexity index is 396. The Balaban J connectivity index is 2.12. The van der Waals surface area contributed by atoms with E-state index in [1.807, 2.05) is 18.2 Å². The molecule has 1 aromatic carbocycles. The highest BCUT2D eigenvalue weighted by Crippen LogP contribution is 2.27. The first kappa shape index (κ1) is 14.6. The second kappa shape index (κ2) is 6.58. The Morgan fingerprint density at radius 1 is 1.39 bits per heavy atom. The molecule has 0 N–H and O–H groups in total. The molecular weight excluding hydrogens is 337 g/mol. The Kier molecular flexibility index (Phi) is 5.34. The molecule has 100 valence electrons. The molecule has 0 bridgehead atoms. The van der Waals surface area contributed by atoms with Crippen molar-refractivity contribution in [3.05, 3.63) is 33.8 Å². The van der Waals surface area contributed by atoms with Crippen LogP contribution in [-0.2, 0) is 11.3 Å². The number of ether oxygens (including phenoxy) is 1. The van der Waals surface area contributed by atoms with Gasteiger partial charge in [0, 0.05) is 40.1 Å². The maximum atomic E-state index is 6.22. The molecule has 0 amide bonds. The normalized spacial score (nSPS) is 25.3. The van der Waals surface area contributed by atoms with Gasteiger partial charge in [0.15, 0.2) is 0 Å². The van der Waals surface area contributed by atoms with Crippen LogP contribution in [0.3, 0.4) is 0 Å². The van der Waals surface area contributed by atoms with Gasteiger partial charge in [0.05, 0.1) is 12.7 Å². The molecule has 0 radical (unpaired) electrons. The molecule has 1 aliphatic heterocycles. The van der Waals surface area contributed by atoms with Gasteiger partial charge >= 0.3 is 0 Å². The quantitative estimate of drug-likeness (QED) is 0.763. The number of hydrogen-bond donors (Lipinski definition) is 0. The van der Waals surface area contributed by atoms with E-state index < -0.39 is 0 Å². The van der Waals surface area contributed by atoms with E-state index in [4.69, 9.17) is 27.9 Å². The van der Waals surface area contributed by atoms with E-state index in [9.17, 15) is 0 Å². The molecule has 0 aliphatic carbocycles. The second-order valence-electron chi connectivity index (χ2n) is 4.59. The number of nitrogens with zero attached hydrogens (tertiary/aromatic N) is 1. The zero-order chi connectivity index (χ0) is 13.1. The summed E-state index contributed by atoms with van der Waals surface area (Å²) in [6.07, 6.45) is 0.238. The smallest absolute Gasteiger partial charge is 0.0799 e. The minimum absolute atomic E-state index is 0.238. The predicted molar refractivity (Wildman–Crippen MR) is 79.9 cm³/mol. The maximum Gasteiger partial charge on any atom is 0.0799 e. The van der Waals surface area contributed by atoms with E-state index in [1.165, 1.54) is 0 Å². The summed E-state index contributed by atoms with van der Waals surface area (Å²) in [5.74, 6) is 0. The maximum absolute atomic E-state index is 6.22. The zero-order valence-corrected chi connectivity index (χ0v) is 13.3. The zero-order valence-electron chi connectivity index (χ0n) is 10.2. The van der Waals surface area contributed by atoms with Crippen LogP contribution in [0, 0.1) is 0 Å². The van der Waals surface area contributed by atoms with E-state index in [2.05, 4.69) is 27.8 Å². The van der Waals surface area contributed by atoms with E-state index in [1.54, 1.807) is 0 Å². The fourth-order valence-electron chi connectivity index (χ4n) is 2.08. The van der Waals surface area contributed by atoms with Crippen LogP contribution in [0.4, 0.5) is 0 Å². The molecule has 2 atom stereocenters. The Labute approximate surface area is 126 Å². The summed E-state index contributed by atoms with van der Waals surface area (Å²) in [5.41, 5.74) is 1.00. The Morgan fingerprint density at radius 2 is 2.06 bits per heavy atom. The highest BCUT2D eigenvalue weighted by atomic mass is 79.9. The van der Waals surface area contributed by atoms with Gasteiger partial charge in [-0.1, -0.05) is 45.2 Å². The number of halogens is 3. The van der Waals surface area contributed by atoms with Gasteiger partial charge in [-0.2, -0.15) is 0 Å². The molecule has 1 saturated heterocycles. The number of alkyl halides is 1. The fraction of sp³-hybridized carbons (Fsp3) is 0.538. The topological polar surface area (TPSA) is 12.5 Å². The Hall–Kier alpha value is 0.200. The van der Waals surface area contributed by atoms with Gasteiger partial charge in [-0.05, 0) is 19.1 Å². The van der Waals surface area contributed by atoms with Gasteiger partial charge in [-0.25, -0.2) is 0 Å². The van der Waals surface area contributed by atoms with Crippen LogP contribution < -0.4 is 0 Å². The molecule has 2 rings (SSSR count). The average Bonchev–Trinajstić information content (AvgIpc) is 2.36. The van der Waals surface area contributed by atoms with Gasteiger partial charge in [0.25, 0.3) is 0 Å². The van der Waals surface area contributed by atoms with Gasteiger partial charge in [-0.3, -0.25) is 4.90 Å². The molecule has 0 saturated carbocycles. The molecule has 1 fully saturated rings. The van der Waals surface area contributed by atoms with Crippen molar-refractivity contribution in [3.63, 3.8) is 0 Å². The number of morpholine rings is 1. The monoisotopic (exact) mass is 351 g/mol. The van der Waals surface area contributed by atoms with E-state index in [0.717, 1.165) is 40.6 Å². The van der Waals surface area contributed by atoms with Crippen molar-refractivity contribution in [1.82, 2.24) is 4.90 Å². The van der Waals surface area contributed by atoms with E-state index in [-0.39, 0.29) is 6.10 Å². The third kappa shape index (κ3) is 3.40. The molecule has 2 unspecified atom stereocenters. The van der Waals surface area contributed by atoms with Crippen molar-refractivity contribution in [2.24, 2.45) is 0 Å². The number of benzene rings is 1. The van der Waals surface area contributed by atoms with Crippen LogP contribution in [0.2, 0.25) is 10.0 Å². The van der Waals surface area contributed by atoms with Gasteiger partial charge in [0.1, 0.15) is 0 Å². The van der Waals surface area contributed by atoms with Crippen molar-refractivity contribution < 1.29 is 4.74 Å². The van der Waals surface area contributed by atoms with Crippen LogP contribution in [0.5, 0.6) is 0 Å². The predicted octanol–water partition coefficient (Wildman–Crippen LogP) is 3.98. The molecule has 2 nitrogen and oxygen atoms in total. The van der Waals surface area contributed by atoms with Crippen LogP contribution in [0.15, 0.2) is 18.2 Å². The molecule has 18 heavy (non-hydrogen) atoms. The summed E-state index contributed by atoms with van der Waals surface area (Å²) in [5, 5.41) is 2.32. The Morgan fingerprint density at radius 3 is 2.67 bits per heavy atom. The molecule has 1 heterocycles. The molecule has 1 aromatic rings. The minimum Gasteiger partial charge on any atom is -0.374 e. The molecule has 5 heteroatoms. The summed E-state index contributed by atoms with van der Waals surface area (Å²) in [6.45, 7) is 4.58. The second-order valence-corrected chi connectivity index (χ2v) is 6.05. The number of hydrogen-bond acceptors (Lipinski definition) is 2. The highest BCUT2D eigenvalue weighted by Gasteiger charge is 2.26. The molecule has 1 aliphatic rings. The third-order valence-corrected chi connectivity index (χ3v) is 4.66. The number of rotatable bonds is 3. The first-order chi connectivity index (χ1) is 8.61.